The van der Waals surface area contributed by atoms with Crippen LogP contribution in [0.25, 0.3) is 17.0 Å². The number of ether oxygens (including phenoxy) is 1. The number of carbonyl (C=O) groups excluding carboxylic acids is 1. The number of aromatic nitrogens is 2. The molecule has 0 bridgehead atoms. The first-order valence-electron chi connectivity index (χ1n) is 15.4. The van der Waals surface area contributed by atoms with Gasteiger partial charge in [-0.3, -0.25) is 9.36 Å². The van der Waals surface area contributed by atoms with Crippen LogP contribution in [0.2, 0.25) is 5.02 Å². The third-order valence-corrected chi connectivity index (χ3v) is 9.42. The van der Waals surface area contributed by atoms with E-state index in [0.717, 1.165) is 34.0 Å². The summed E-state index contributed by atoms with van der Waals surface area (Å²) in [5.74, 6) is -0.0687. The Kier molecular flexibility index (Phi) is 8.92. The lowest BCUT2D eigenvalue weighted by Crippen LogP contribution is -2.40. The molecule has 0 saturated heterocycles. The molecule has 0 aliphatic carbocycles. The Balaban J connectivity index is 1.52. The van der Waals surface area contributed by atoms with E-state index in [1.54, 1.807) is 11.5 Å². The number of benzene rings is 3. The zero-order valence-electron chi connectivity index (χ0n) is 25.9. The van der Waals surface area contributed by atoms with Gasteiger partial charge in [-0.25, -0.2) is 9.79 Å². The van der Waals surface area contributed by atoms with Gasteiger partial charge in [0.15, 0.2) is 4.80 Å². The molecule has 0 spiro atoms. The molecular formula is C37H36ClN3O3S. The molecule has 5 aromatic rings. The van der Waals surface area contributed by atoms with Crippen LogP contribution in [0.15, 0.2) is 100 Å². The first-order valence-corrected chi connectivity index (χ1v) is 16.6. The number of esters is 1. The second kappa shape index (κ2) is 13.0. The number of hydrogen-bond donors (Lipinski definition) is 0. The van der Waals surface area contributed by atoms with Crippen LogP contribution in [0, 0.1) is 0 Å². The maximum atomic E-state index is 14.3. The third-order valence-electron chi connectivity index (χ3n) is 8.18. The predicted octanol–water partition coefficient (Wildman–Crippen LogP) is 7.36. The van der Waals surface area contributed by atoms with Crippen LogP contribution < -0.4 is 14.9 Å². The Morgan fingerprint density at radius 2 is 1.78 bits per heavy atom. The van der Waals surface area contributed by atoms with E-state index in [2.05, 4.69) is 55.8 Å². The van der Waals surface area contributed by atoms with Crippen molar-refractivity contribution in [3.63, 3.8) is 0 Å². The first-order chi connectivity index (χ1) is 21.8. The average molecular weight is 638 g/mol. The number of halogens is 1. The van der Waals surface area contributed by atoms with Crippen LogP contribution in [0.3, 0.4) is 0 Å². The van der Waals surface area contributed by atoms with Gasteiger partial charge in [-0.15, -0.1) is 0 Å². The van der Waals surface area contributed by atoms with E-state index in [-0.39, 0.29) is 12.2 Å². The van der Waals surface area contributed by atoms with Crippen LogP contribution in [-0.4, -0.2) is 21.7 Å². The summed E-state index contributed by atoms with van der Waals surface area (Å²) in [6.07, 6.45) is 5.46. The molecule has 45 heavy (non-hydrogen) atoms. The molecule has 0 radical (unpaired) electrons. The highest BCUT2D eigenvalue weighted by Crippen LogP contribution is 2.33. The summed E-state index contributed by atoms with van der Waals surface area (Å²) in [7, 11) is 0. The van der Waals surface area contributed by atoms with Crippen molar-refractivity contribution in [1.82, 2.24) is 9.13 Å². The molecule has 0 N–H and O–H groups in total. The van der Waals surface area contributed by atoms with Gasteiger partial charge in [-0.2, -0.15) is 0 Å². The summed E-state index contributed by atoms with van der Waals surface area (Å²) in [4.78, 5) is 33.3. The molecule has 3 aromatic carbocycles. The number of thiazole rings is 1. The van der Waals surface area contributed by atoms with Gasteiger partial charge < -0.3 is 9.30 Å². The third kappa shape index (κ3) is 6.07. The van der Waals surface area contributed by atoms with Crippen LogP contribution >= 0.6 is 22.9 Å². The van der Waals surface area contributed by atoms with Gasteiger partial charge in [0.25, 0.3) is 5.56 Å². The SMILES string of the molecule is CCCC1=C(C(=O)OCC)[C@H](c2ccc(C(C)C)cc2)n2c(s/c(=C/c3cn(Cc4ccc(Cl)cc4)c4ccccc34)c2=O)=N1. The molecule has 6 rings (SSSR count). The van der Waals surface area contributed by atoms with Crippen molar-refractivity contribution in [2.24, 2.45) is 4.99 Å². The molecular weight excluding hydrogens is 602 g/mol. The zero-order valence-corrected chi connectivity index (χ0v) is 27.5. The summed E-state index contributed by atoms with van der Waals surface area (Å²) in [6.45, 7) is 9.06. The average Bonchev–Trinajstić information content (AvgIpc) is 3.54. The van der Waals surface area contributed by atoms with Gasteiger partial charge in [-0.1, -0.05) is 105 Å². The molecule has 0 unspecified atom stereocenters. The van der Waals surface area contributed by atoms with E-state index in [4.69, 9.17) is 21.3 Å². The molecule has 1 atom stereocenters. The van der Waals surface area contributed by atoms with Crippen molar-refractivity contribution < 1.29 is 9.53 Å². The van der Waals surface area contributed by atoms with Gasteiger partial charge in [0.1, 0.15) is 0 Å². The Hall–Kier alpha value is -4.20. The summed E-state index contributed by atoms with van der Waals surface area (Å²) < 4.78 is 9.98. The standard InChI is InChI=1S/C37H36ClN3O3S/c1-5-9-30-33(36(43)44-6-2)34(26-16-14-25(15-17-26)23(3)4)41-35(42)32(45-37(41)39-30)20-27-22-40(31-11-8-7-10-29(27)31)21-24-12-18-28(38)19-13-24/h7-8,10-20,22-23,34H,5-6,9,21H2,1-4H3/b32-20+/t34-/m0/s1. The van der Waals surface area contributed by atoms with Crippen LogP contribution in [0.5, 0.6) is 0 Å². The molecule has 6 nitrogen and oxygen atoms in total. The predicted molar refractivity (Wildman–Crippen MR) is 183 cm³/mol. The van der Waals surface area contributed by atoms with E-state index in [9.17, 15) is 9.59 Å². The van der Waals surface area contributed by atoms with Crippen molar-refractivity contribution in [2.75, 3.05) is 6.61 Å². The molecule has 0 fully saturated rings. The number of para-hydroxylation sites is 1. The highest BCUT2D eigenvalue weighted by atomic mass is 35.5. The number of allylic oxidation sites excluding steroid dienone is 1. The summed E-state index contributed by atoms with van der Waals surface area (Å²) in [6, 6.07) is 23.6. The molecule has 0 saturated carbocycles. The molecule has 1 aliphatic rings. The molecule has 0 amide bonds. The van der Waals surface area contributed by atoms with E-state index in [1.807, 2.05) is 54.6 Å². The minimum absolute atomic E-state index is 0.177. The van der Waals surface area contributed by atoms with E-state index in [0.29, 0.717) is 44.5 Å². The van der Waals surface area contributed by atoms with Crippen molar-refractivity contribution >= 4 is 45.9 Å². The van der Waals surface area contributed by atoms with Crippen LogP contribution in [0.1, 0.15) is 74.8 Å². The number of hydrogen-bond acceptors (Lipinski definition) is 5. The molecule has 2 aromatic heterocycles. The fraction of sp³-hybridized carbons (Fsp3) is 0.270. The van der Waals surface area contributed by atoms with Crippen LogP contribution in [-0.2, 0) is 16.1 Å². The van der Waals surface area contributed by atoms with Gasteiger partial charge in [0, 0.05) is 34.2 Å². The summed E-state index contributed by atoms with van der Waals surface area (Å²) >= 11 is 7.48. The highest BCUT2D eigenvalue weighted by Gasteiger charge is 2.34. The van der Waals surface area contributed by atoms with Crippen molar-refractivity contribution in [3.8, 4) is 0 Å². The molecule has 3 heterocycles. The fourth-order valence-electron chi connectivity index (χ4n) is 5.95. The number of carbonyl (C=O) groups is 1. The monoisotopic (exact) mass is 637 g/mol. The summed E-state index contributed by atoms with van der Waals surface area (Å²) in [5, 5.41) is 1.76. The normalized spacial score (nSPS) is 15.1. The lowest BCUT2D eigenvalue weighted by atomic mass is 9.92. The molecule has 230 valence electrons. The minimum Gasteiger partial charge on any atom is -0.463 e. The smallest absolute Gasteiger partial charge is 0.338 e. The van der Waals surface area contributed by atoms with E-state index in [1.165, 1.54) is 16.9 Å². The van der Waals surface area contributed by atoms with Crippen molar-refractivity contribution in [2.45, 2.75) is 59.0 Å². The summed E-state index contributed by atoms with van der Waals surface area (Å²) in [5.41, 5.74) is 6.14. The number of nitrogens with zero attached hydrogens (tertiary/aromatic N) is 3. The molecule has 1 aliphatic heterocycles. The largest absolute Gasteiger partial charge is 0.463 e. The maximum Gasteiger partial charge on any atom is 0.338 e. The fourth-order valence-corrected chi connectivity index (χ4v) is 7.09. The Morgan fingerprint density at radius 3 is 2.47 bits per heavy atom. The van der Waals surface area contributed by atoms with E-state index >= 15 is 0 Å². The Labute approximate surface area is 271 Å². The Bertz CT molecular complexity index is 2080. The topological polar surface area (TPSA) is 65.6 Å². The van der Waals surface area contributed by atoms with Gasteiger partial charge in [0.05, 0.1) is 28.5 Å². The van der Waals surface area contributed by atoms with Crippen molar-refractivity contribution in [1.29, 1.82) is 0 Å². The van der Waals surface area contributed by atoms with Gasteiger partial charge >= 0.3 is 5.97 Å². The lowest BCUT2D eigenvalue weighted by Gasteiger charge is -2.26. The Morgan fingerprint density at radius 1 is 1.04 bits per heavy atom. The lowest BCUT2D eigenvalue weighted by molar-refractivity contribution is -0.139. The maximum absolute atomic E-state index is 14.3. The minimum atomic E-state index is -0.628. The van der Waals surface area contributed by atoms with Gasteiger partial charge in [0.2, 0.25) is 0 Å². The first kappa shape index (κ1) is 30.8. The van der Waals surface area contributed by atoms with E-state index < -0.39 is 12.0 Å². The zero-order chi connectivity index (χ0) is 31.7. The highest BCUT2D eigenvalue weighted by molar-refractivity contribution is 7.07. The molecule has 8 heteroatoms. The number of rotatable bonds is 9. The quantitative estimate of drug-likeness (QED) is 0.159. The van der Waals surface area contributed by atoms with Gasteiger partial charge in [-0.05, 0) is 60.2 Å². The second-order valence-electron chi connectivity index (χ2n) is 11.6. The second-order valence-corrected chi connectivity index (χ2v) is 13.0. The van der Waals surface area contributed by atoms with Crippen molar-refractivity contribution in [3.05, 3.63) is 137 Å². The van der Waals surface area contributed by atoms with Crippen LogP contribution in [0.4, 0.5) is 0 Å². The number of fused-ring (bicyclic) bond motifs is 2.